The lowest BCUT2D eigenvalue weighted by Crippen LogP contribution is -2.38. The van der Waals surface area contributed by atoms with Crippen molar-refractivity contribution in [2.45, 2.75) is 51.9 Å². The lowest BCUT2D eigenvalue weighted by atomic mass is 9.74. The van der Waals surface area contributed by atoms with Crippen molar-refractivity contribution in [1.29, 1.82) is 0 Å². The molecule has 0 saturated heterocycles. The van der Waals surface area contributed by atoms with E-state index in [1.54, 1.807) is 24.3 Å². The van der Waals surface area contributed by atoms with Crippen LogP contribution in [0.4, 0.5) is 0 Å². The number of hydrazine groups is 1. The van der Waals surface area contributed by atoms with Crippen LogP contribution in [0.5, 0.6) is 5.75 Å². The van der Waals surface area contributed by atoms with Gasteiger partial charge in [0.05, 0.1) is 11.5 Å². The van der Waals surface area contributed by atoms with Crippen molar-refractivity contribution < 1.29 is 13.2 Å². The molecule has 0 amide bonds. The second-order valence-corrected chi connectivity index (χ2v) is 8.88. The molecule has 1 aliphatic rings. The van der Waals surface area contributed by atoms with Crippen molar-refractivity contribution >= 4 is 10.0 Å². The van der Waals surface area contributed by atoms with Crippen LogP contribution >= 0.6 is 0 Å². The SMILES string of the molecule is CCOc1ccc(S(=O)(=O)NNC2=CC[C@@H](C(C)(C)C)CC2)cc1. The van der Waals surface area contributed by atoms with E-state index in [-0.39, 0.29) is 10.3 Å². The number of hydrogen-bond acceptors (Lipinski definition) is 4. The smallest absolute Gasteiger partial charge is 0.257 e. The van der Waals surface area contributed by atoms with Crippen LogP contribution < -0.4 is 15.0 Å². The van der Waals surface area contributed by atoms with E-state index in [2.05, 4.69) is 37.1 Å². The Morgan fingerprint density at radius 2 is 1.88 bits per heavy atom. The highest BCUT2D eigenvalue weighted by Gasteiger charge is 2.26. The number of benzene rings is 1. The second-order valence-electron chi connectivity index (χ2n) is 7.20. The molecule has 5 nitrogen and oxygen atoms in total. The van der Waals surface area contributed by atoms with Crippen LogP contribution in [-0.4, -0.2) is 15.0 Å². The molecule has 6 heteroatoms. The molecule has 0 fully saturated rings. The highest BCUT2D eigenvalue weighted by atomic mass is 32.2. The van der Waals surface area contributed by atoms with E-state index in [1.165, 1.54) is 0 Å². The van der Waals surface area contributed by atoms with Gasteiger partial charge in [0.1, 0.15) is 5.75 Å². The van der Waals surface area contributed by atoms with Gasteiger partial charge in [0.2, 0.25) is 0 Å². The van der Waals surface area contributed by atoms with Crippen LogP contribution in [0.3, 0.4) is 0 Å². The van der Waals surface area contributed by atoms with E-state index in [1.807, 2.05) is 6.92 Å². The summed E-state index contributed by atoms with van der Waals surface area (Å²) in [6.45, 7) is 9.18. The Morgan fingerprint density at radius 1 is 1.21 bits per heavy atom. The van der Waals surface area contributed by atoms with Gasteiger partial charge in [0.25, 0.3) is 10.0 Å². The highest BCUT2D eigenvalue weighted by molar-refractivity contribution is 7.89. The van der Waals surface area contributed by atoms with E-state index in [0.717, 1.165) is 25.0 Å². The summed E-state index contributed by atoms with van der Waals surface area (Å²) < 4.78 is 30.0. The van der Waals surface area contributed by atoms with Crippen molar-refractivity contribution in [3.8, 4) is 5.75 Å². The van der Waals surface area contributed by atoms with Gasteiger partial charge in [0.15, 0.2) is 0 Å². The molecule has 134 valence electrons. The molecule has 0 radical (unpaired) electrons. The maximum absolute atomic E-state index is 12.3. The van der Waals surface area contributed by atoms with Crippen molar-refractivity contribution in [3.05, 3.63) is 36.0 Å². The number of hydrogen-bond donors (Lipinski definition) is 2. The molecule has 0 heterocycles. The minimum Gasteiger partial charge on any atom is -0.494 e. The van der Waals surface area contributed by atoms with E-state index >= 15 is 0 Å². The molecule has 1 atom stereocenters. The van der Waals surface area contributed by atoms with Crippen molar-refractivity contribution in [2.24, 2.45) is 11.3 Å². The van der Waals surface area contributed by atoms with Gasteiger partial charge in [-0.15, -0.1) is 4.83 Å². The molecule has 1 aromatic carbocycles. The predicted octanol–water partition coefficient (Wildman–Crippen LogP) is 3.60. The molecule has 0 aromatic heterocycles. The molecule has 1 aromatic rings. The van der Waals surface area contributed by atoms with Crippen LogP contribution in [-0.2, 0) is 10.0 Å². The molecule has 0 bridgehead atoms. The summed E-state index contributed by atoms with van der Waals surface area (Å²) in [6, 6.07) is 6.40. The number of allylic oxidation sites excluding steroid dienone is 2. The van der Waals surface area contributed by atoms with Crippen molar-refractivity contribution in [1.82, 2.24) is 10.3 Å². The number of nitrogens with one attached hydrogen (secondary N) is 2. The van der Waals surface area contributed by atoms with E-state index in [0.29, 0.717) is 18.3 Å². The predicted molar refractivity (Wildman–Crippen MR) is 95.9 cm³/mol. The monoisotopic (exact) mass is 352 g/mol. The van der Waals surface area contributed by atoms with Gasteiger partial charge in [0, 0.05) is 5.70 Å². The summed E-state index contributed by atoms with van der Waals surface area (Å²) in [4.78, 5) is 2.67. The summed E-state index contributed by atoms with van der Waals surface area (Å²) >= 11 is 0. The minimum atomic E-state index is -3.59. The fourth-order valence-electron chi connectivity index (χ4n) is 2.81. The quantitative estimate of drug-likeness (QED) is 0.768. The summed E-state index contributed by atoms with van der Waals surface area (Å²) in [6.07, 6.45) is 4.98. The zero-order valence-corrected chi connectivity index (χ0v) is 15.7. The van der Waals surface area contributed by atoms with Gasteiger partial charge >= 0.3 is 0 Å². The first kappa shape index (κ1) is 18.8. The Hall–Kier alpha value is -1.53. The van der Waals surface area contributed by atoms with Gasteiger partial charge in [-0.1, -0.05) is 26.8 Å². The molecule has 0 spiro atoms. The molecular weight excluding hydrogens is 324 g/mol. The van der Waals surface area contributed by atoms with Gasteiger partial charge < -0.3 is 10.2 Å². The Kier molecular flexibility index (Phi) is 5.93. The topological polar surface area (TPSA) is 67.4 Å². The first-order valence-electron chi connectivity index (χ1n) is 8.42. The number of ether oxygens (including phenoxy) is 1. The Morgan fingerprint density at radius 3 is 2.38 bits per heavy atom. The minimum absolute atomic E-state index is 0.211. The fraction of sp³-hybridized carbons (Fsp3) is 0.556. The third-order valence-electron chi connectivity index (χ3n) is 4.43. The maximum atomic E-state index is 12.3. The van der Waals surface area contributed by atoms with Crippen LogP contribution in [0.1, 0.15) is 47.0 Å². The van der Waals surface area contributed by atoms with Gasteiger partial charge in [-0.05, 0) is 61.8 Å². The Bertz CT molecular complexity index is 673. The third-order valence-corrected chi connectivity index (χ3v) is 5.69. The summed E-state index contributed by atoms with van der Waals surface area (Å²) in [5.74, 6) is 1.29. The van der Waals surface area contributed by atoms with Crippen LogP contribution in [0, 0.1) is 11.3 Å². The van der Waals surface area contributed by atoms with Gasteiger partial charge in [-0.25, -0.2) is 8.42 Å². The summed E-state index contributed by atoms with van der Waals surface area (Å²) in [5.41, 5.74) is 4.08. The van der Waals surface area contributed by atoms with E-state index < -0.39 is 10.0 Å². The molecule has 2 rings (SSSR count). The van der Waals surface area contributed by atoms with Crippen LogP contribution in [0.25, 0.3) is 0 Å². The summed E-state index contributed by atoms with van der Waals surface area (Å²) in [5, 5.41) is 0. The number of rotatable bonds is 6. The molecule has 1 aliphatic carbocycles. The largest absolute Gasteiger partial charge is 0.494 e. The first-order chi connectivity index (χ1) is 11.2. The average Bonchev–Trinajstić information content (AvgIpc) is 2.53. The summed E-state index contributed by atoms with van der Waals surface area (Å²) in [7, 11) is -3.59. The molecule has 0 aliphatic heterocycles. The third kappa shape index (κ3) is 4.98. The standard InChI is InChI=1S/C18H28N2O3S/c1-5-23-16-10-12-17(13-11-16)24(21,22)20-19-15-8-6-14(7-9-15)18(2,3)4/h8,10-14,19-20H,5-7,9H2,1-4H3/t14-/m1/s1. The van der Waals surface area contributed by atoms with Gasteiger partial charge in [-0.2, -0.15) is 0 Å². The fourth-order valence-corrected chi connectivity index (χ4v) is 3.69. The Balaban J connectivity index is 1.94. The number of sulfonamides is 1. The zero-order valence-electron chi connectivity index (χ0n) is 14.9. The van der Waals surface area contributed by atoms with E-state index in [4.69, 9.17) is 4.74 Å². The molecule has 0 unspecified atom stereocenters. The highest BCUT2D eigenvalue weighted by Crippen LogP contribution is 2.36. The lowest BCUT2D eigenvalue weighted by Gasteiger charge is -2.33. The Labute approximate surface area is 145 Å². The normalized spacial score (nSPS) is 18.8. The zero-order chi connectivity index (χ0) is 17.8. The lowest BCUT2D eigenvalue weighted by molar-refractivity contribution is 0.218. The second kappa shape index (κ2) is 7.57. The molecule has 2 N–H and O–H groups in total. The van der Waals surface area contributed by atoms with Crippen LogP contribution in [0.2, 0.25) is 0 Å². The van der Waals surface area contributed by atoms with Crippen LogP contribution in [0.15, 0.2) is 40.9 Å². The van der Waals surface area contributed by atoms with E-state index in [9.17, 15) is 8.42 Å². The molecule has 0 saturated carbocycles. The van der Waals surface area contributed by atoms with Gasteiger partial charge in [-0.3, -0.25) is 0 Å². The molecule has 24 heavy (non-hydrogen) atoms. The average molecular weight is 353 g/mol. The van der Waals surface area contributed by atoms with Crippen molar-refractivity contribution in [2.75, 3.05) is 6.61 Å². The van der Waals surface area contributed by atoms with Crippen molar-refractivity contribution in [3.63, 3.8) is 0 Å². The molecular formula is C18H28N2O3S. The first-order valence-corrected chi connectivity index (χ1v) is 9.90. The maximum Gasteiger partial charge on any atom is 0.257 e.